The Kier molecular flexibility index (Phi) is 4.28. The first-order valence-electron chi connectivity index (χ1n) is 3.05. The van der Waals surface area contributed by atoms with Crippen molar-refractivity contribution in [3.05, 3.63) is 0 Å². The number of oxime groups is 2. The van der Waals surface area contributed by atoms with Crippen LogP contribution < -0.4 is 0 Å². The predicted molar refractivity (Wildman–Crippen MR) is 39.0 cm³/mol. The van der Waals surface area contributed by atoms with Crippen LogP contribution in [0, 0.1) is 5.92 Å². The van der Waals surface area contributed by atoms with Crippen LogP contribution in [-0.4, -0.2) is 22.3 Å². The van der Waals surface area contributed by atoms with Crippen molar-refractivity contribution >= 4 is 11.9 Å². The molecular formula is C6H12N2O2. The van der Waals surface area contributed by atoms with E-state index in [4.69, 9.17) is 10.4 Å². The average molecular weight is 144 g/mol. The zero-order valence-corrected chi connectivity index (χ0v) is 6.15. The largest absolute Gasteiger partial charge is 0.411 e. The third-order valence-electron chi connectivity index (χ3n) is 1.11. The van der Waals surface area contributed by atoms with E-state index in [0.29, 0.717) is 12.1 Å². The summed E-state index contributed by atoms with van der Waals surface area (Å²) < 4.78 is 0. The van der Waals surface area contributed by atoms with Gasteiger partial charge in [0, 0.05) is 12.1 Å². The van der Waals surface area contributed by atoms with Gasteiger partial charge in [0.15, 0.2) is 0 Å². The maximum absolute atomic E-state index is 8.23. The highest BCUT2D eigenvalue weighted by Gasteiger charge is 2.00. The van der Waals surface area contributed by atoms with E-state index in [1.165, 1.54) is 6.21 Å². The molecule has 0 aliphatic rings. The van der Waals surface area contributed by atoms with Crippen molar-refractivity contribution in [1.29, 1.82) is 0 Å². The third-order valence-corrected chi connectivity index (χ3v) is 1.11. The molecule has 0 saturated heterocycles. The van der Waals surface area contributed by atoms with Crippen LogP contribution in [0.3, 0.4) is 0 Å². The minimum Gasteiger partial charge on any atom is -0.411 e. The molecule has 4 nitrogen and oxygen atoms in total. The standard InChI is InChI=1S/C6H12N2O2/c1-5(4-7-9)3-6(2)8-10/h4-5,9-10H,3H2,1-2H3. The molecule has 1 unspecified atom stereocenters. The molecule has 2 N–H and O–H groups in total. The Balaban J connectivity index is 3.68. The van der Waals surface area contributed by atoms with Gasteiger partial charge in [-0.2, -0.15) is 0 Å². The van der Waals surface area contributed by atoms with Gasteiger partial charge in [-0.3, -0.25) is 0 Å². The topological polar surface area (TPSA) is 65.2 Å². The zero-order valence-electron chi connectivity index (χ0n) is 6.15. The maximum Gasteiger partial charge on any atom is 0.0546 e. The predicted octanol–water partition coefficient (Wildman–Crippen LogP) is 1.32. The average Bonchev–Trinajstić information content (AvgIpc) is 1.88. The molecule has 1 atom stereocenters. The van der Waals surface area contributed by atoms with Gasteiger partial charge in [0.05, 0.1) is 5.71 Å². The van der Waals surface area contributed by atoms with E-state index in [2.05, 4.69) is 10.3 Å². The smallest absolute Gasteiger partial charge is 0.0546 e. The molecule has 58 valence electrons. The molecule has 0 aromatic carbocycles. The zero-order chi connectivity index (χ0) is 7.98. The van der Waals surface area contributed by atoms with Gasteiger partial charge in [0.25, 0.3) is 0 Å². The monoisotopic (exact) mass is 144 g/mol. The molecule has 0 aromatic rings. The Morgan fingerprint density at radius 3 is 2.60 bits per heavy atom. The summed E-state index contributed by atoms with van der Waals surface area (Å²) >= 11 is 0. The van der Waals surface area contributed by atoms with Crippen molar-refractivity contribution in [3.63, 3.8) is 0 Å². The van der Waals surface area contributed by atoms with Crippen LogP contribution in [0.2, 0.25) is 0 Å². The molecule has 0 aliphatic carbocycles. The van der Waals surface area contributed by atoms with Crippen molar-refractivity contribution in [2.45, 2.75) is 20.3 Å². The van der Waals surface area contributed by atoms with Gasteiger partial charge < -0.3 is 10.4 Å². The first-order valence-corrected chi connectivity index (χ1v) is 3.05. The normalized spacial score (nSPS) is 16.0. The van der Waals surface area contributed by atoms with Crippen LogP contribution in [0.4, 0.5) is 0 Å². The number of nitrogens with zero attached hydrogens (tertiary/aromatic N) is 2. The molecular weight excluding hydrogens is 132 g/mol. The summed E-state index contributed by atoms with van der Waals surface area (Å²) in [5, 5.41) is 22.2. The van der Waals surface area contributed by atoms with Crippen molar-refractivity contribution in [3.8, 4) is 0 Å². The molecule has 0 radical (unpaired) electrons. The van der Waals surface area contributed by atoms with E-state index in [-0.39, 0.29) is 5.92 Å². The van der Waals surface area contributed by atoms with E-state index in [1.807, 2.05) is 6.92 Å². The highest BCUT2D eigenvalue weighted by atomic mass is 16.4. The fourth-order valence-corrected chi connectivity index (χ4v) is 0.673. The lowest BCUT2D eigenvalue weighted by molar-refractivity contribution is 0.314. The molecule has 0 heterocycles. The van der Waals surface area contributed by atoms with Crippen molar-refractivity contribution < 1.29 is 10.4 Å². The van der Waals surface area contributed by atoms with Crippen molar-refractivity contribution in [2.24, 2.45) is 16.2 Å². The van der Waals surface area contributed by atoms with E-state index in [0.717, 1.165) is 0 Å². The van der Waals surface area contributed by atoms with Crippen LogP contribution in [0.25, 0.3) is 0 Å². The van der Waals surface area contributed by atoms with Gasteiger partial charge in [0.2, 0.25) is 0 Å². The number of hydrogen-bond donors (Lipinski definition) is 2. The molecule has 4 heteroatoms. The van der Waals surface area contributed by atoms with Crippen LogP contribution in [0.15, 0.2) is 10.3 Å². The molecule has 0 spiro atoms. The number of rotatable bonds is 3. The Morgan fingerprint density at radius 1 is 1.60 bits per heavy atom. The SMILES string of the molecule is CC(CC(C)C=NO)=NO. The molecule has 0 aliphatic heterocycles. The van der Waals surface area contributed by atoms with E-state index in [9.17, 15) is 0 Å². The Morgan fingerprint density at radius 2 is 2.20 bits per heavy atom. The number of hydrogen-bond acceptors (Lipinski definition) is 4. The van der Waals surface area contributed by atoms with Gasteiger partial charge in [-0.05, 0) is 13.3 Å². The van der Waals surface area contributed by atoms with Gasteiger partial charge in [0.1, 0.15) is 0 Å². The van der Waals surface area contributed by atoms with Gasteiger partial charge in [-0.1, -0.05) is 12.1 Å². The molecule has 0 rings (SSSR count). The molecule has 10 heavy (non-hydrogen) atoms. The molecule has 0 aromatic heterocycles. The highest BCUT2D eigenvalue weighted by molar-refractivity contribution is 5.84. The summed E-state index contributed by atoms with van der Waals surface area (Å²) in [5.41, 5.74) is 0.632. The summed E-state index contributed by atoms with van der Waals surface area (Å²) in [4.78, 5) is 0. The van der Waals surface area contributed by atoms with E-state index < -0.39 is 0 Å². The fourth-order valence-electron chi connectivity index (χ4n) is 0.673. The first-order chi connectivity index (χ1) is 4.70. The molecule has 0 bridgehead atoms. The Hall–Kier alpha value is -1.06. The first kappa shape index (κ1) is 8.94. The fraction of sp³-hybridized carbons (Fsp3) is 0.667. The second-order valence-corrected chi connectivity index (χ2v) is 2.28. The van der Waals surface area contributed by atoms with Crippen LogP contribution in [-0.2, 0) is 0 Å². The van der Waals surface area contributed by atoms with E-state index >= 15 is 0 Å². The van der Waals surface area contributed by atoms with Gasteiger partial charge in [-0.25, -0.2) is 0 Å². The summed E-state index contributed by atoms with van der Waals surface area (Å²) in [6, 6.07) is 0. The quantitative estimate of drug-likeness (QED) is 0.356. The summed E-state index contributed by atoms with van der Waals surface area (Å²) in [5.74, 6) is 0.112. The van der Waals surface area contributed by atoms with Gasteiger partial charge in [-0.15, -0.1) is 5.16 Å². The maximum atomic E-state index is 8.23. The van der Waals surface area contributed by atoms with E-state index in [1.54, 1.807) is 6.92 Å². The molecule has 0 fully saturated rings. The highest BCUT2D eigenvalue weighted by Crippen LogP contribution is 1.99. The molecule has 0 saturated carbocycles. The van der Waals surface area contributed by atoms with Crippen LogP contribution in [0.1, 0.15) is 20.3 Å². The van der Waals surface area contributed by atoms with Gasteiger partial charge >= 0.3 is 0 Å². The second kappa shape index (κ2) is 4.78. The summed E-state index contributed by atoms with van der Waals surface area (Å²) in [6.45, 7) is 3.58. The third kappa shape index (κ3) is 3.88. The lowest BCUT2D eigenvalue weighted by Gasteiger charge is -2.00. The minimum absolute atomic E-state index is 0.112. The lowest BCUT2D eigenvalue weighted by atomic mass is 10.1. The summed E-state index contributed by atoms with van der Waals surface area (Å²) in [6.07, 6.45) is 2.01. The van der Waals surface area contributed by atoms with Crippen molar-refractivity contribution in [1.82, 2.24) is 0 Å². The lowest BCUT2D eigenvalue weighted by Crippen LogP contribution is -2.02. The van der Waals surface area contributed by atoms with Crippen LogP contribution in [0.5, 0.6) is 0 Å². The Bertz CT molecular complexity index is 143. The second-order valence-electron chi connectivity index (χ2n) is 2.28. The van der Waals surface area contributed by atoms with Crippen molar-refractivity contribution in [2.75, 3.05) is 0 Å². The minimum atomic E-state index is 0.112. The molecule has 0 amide bonds. The summed E-state index contributed by atoms with van der Waals surface area (Å²) in [7, 11) is 0. The Labute approximate surface area is 59.9 Å². The van der Waals surface area contributed by atoms with Crippen LogP contribution >= 0.6 is 0 Å².